The zero-order valence-electron chi connectivity index (χ0n) is 20.9. The maximum Gasteiger partial charge on any atom is 0.259 e. The molecule has 40 heavy (non-hydrogen) atoms. The number of fused-ring (bicyclic) bond motifs is 12. The summed E-state index contributed by atoms with van der Waals surface area (Å²) in [5.74, 6) is -1.93. The molecule has 3 heterocycles. The van der Waals surface area contributed by atoms with Gasteiger partial charge in [0.15, 0.2) is 23.7 Å². The highest BCUT2D eigenvalue weighted by molar-refractivity contribution is 6.43. The van der Waals surface area contributed by atoms with Crippen molar-refractivity contribution < 1.29 is 19.2 Å². The molecule has 0 aliphatic carbocycles. The molecule has 9 rings (SSSR count). The Bertz CT molecular complexity index is 2070. The molecular weight excluding hydrogens is 500 g/mol. The van der Waals surface area contributed by atoms with Crippen LogP contribution in [0.25, 0.3) is 43.1 Å². The molecule has 6 aromatic rings. The van der Waals surface area contributed by atoms with Crippen LogP contribution in [-0.2, 0) is 9.59 Å². The van der Waals surface area contributed by atoms with E-state index in [1.807, 2.05) is 84.9 Å². The van der Waals surface area contributed by atoms with E-state index in [2.05, 4.69) is 0 Å². The number of Topliss-reactive ketones (excluding diaryl/α,β-unsaturated/α-hetero) is 2. The molecule has 6 nitrogen and oxygen atoms in total. The highest BCUT2D eigenvalue weighted by Crippen LogP contribution is 2.47. The molecule has 3 aliphatic rings. The average molecular weight is 519 g/mol. The van der Waals surface area contributed by atoms with E-state index in [9.17, 15) is 19.2 Å². The molecule has 3 aliphatic heterocycles. The van der Waals surface area contributed by atoms with E-state index in [1.165, 1.54) is 9.80 Å². The van der Waals surface area contributed by atoms with Gasteiger partial charge in [-0.2, -0.15) is 0 Å². The number of anilines is 2. The first-order valence-corrected chi connectivity index (χ1v) is 13.2. The van der Waals surface area contributed by atoms with E-state index in [4.69, 9.17) is 0 Å². The van der Waals surface area contributed by atoms with Gasteiger partial charge in [-0.15, -0.1) is 0 Å². The molecule has 6 aromatic carbocycles. The van der Waals surface area contributed by atoms with Crippen LogP contribution in [0.3, 0.4) is 0 Å². The number of carbonyl (C=O) groups is 4. The van der Waals surface area contributed by atoms with Gasteiger partial charge in [-0.05, 0) is 79.5 Å². The van der Waals surface area contributed by atoms with Crippen molar-refractivity contribution >= 4 is 77.8 Å². The van der Waals surface area contributed by atoms with Crippen molar-refractivity contribution in [1.82, 2.24) is 0 Å². The SMILES string of the molecule is O=C1c2c(ccc3cc4ccccc4cc23)N2C(=O)[C@@H]3C(=O)c4c(ccc5cc6ccccc6cc45)N3C(=O)[C@@H]12. The molecule has 0 aromatic heterocycles. The number of ketones is 2. The van der Waals surface area contributed by atoms with Crippen molar-refractivity contribution in [2.24, 2.45) is 0 Å². The molecule has 2 amide bonds. The van der Waals surface area contributed by atoms with Gasteiger partial charge < -0.3 is 0 Å². The number of hydrogen-bond donors (Lipinski definition) is 0. The molecule has 0 radical (unpaired) electrons. The van der Waals surface area contributed by atoms with Gasteiger partial charge in [0, 0.05) is 0 Å². The smallest absolute Gasteiger partial charge is 0.259 e. The topological polar surface area (TPSA) is 74.8 Å². The third-order valence-electron chi connectivity index (χ3n) is 8.70. The van der Waals surface area contributed by atoms with Crippen molar-refractivity contribution in [3.8, 4) is 0 Å². The number of nitrogens with zero attached hydrogens (tertiary/aromatic N) is 2. The quantitative estimate of drug-likeness (QED) is 0.188. The second-order valence-electron chi connectivity index (χ2n) is 10.7. The van der Waals surface area contributed by atoms with Gasteiger partial charge in [0.25, 0.3) is 11.8 Å². The maximum atomic E-state index is 14.1. The van der Waals surface area contributed by atoms with Gasteiger partial charge in [-0.3, -0.25) is 29.0 Å². The molecule has 0 bridgehead atoms. The predicted octanol–water partition coefficient (Wildman–Crippen LogP) is 5.81. The van der Waals surface area contributed by atoms with E-state index in [0.717, 1.165) is 32.3 Å². The molecule has 0 unspecified atom stereocenters. The lowest BCUT2D eigenvalue weighted by molar-refractivity contribution is -0.128. The summed E-state index contributed by atoms with van der Waals surface area (Å²) in [5.41, 5.74) is 1.48. The lowest BCUT2D eigenvalue weighted by Crippen LogP contribution is -2.65. The van der Waals surface area contributed by atoms with Crippen LogP contribution in [0.1, 0.15) is 20.7 Å². The summed E-state index contributed by atoms with van der Waals surface area (Å²) in [5, 5.41) is 7.09. The first-order valence-electron chi connectivity index (χ1n) is 13.2. The van der Waals surface area contributed by atoms with Crippen LogP contribution < -0.4 is 9.80 Å². The minimum Gasteiger partial charge on any atom is -0.291 e. The predicted molar refractivity (Wildman–Crippen MR) is 154 cm³/mol. The Hall–Kier alpha value is -5.36. The summed E-state index contributed by atoms with van der Waals surface area (Å²) >= 11 is 0. The van der Waals surface area contributed by atoms with Gasteiger partial charge in [0.05, 0.1) is 22.5 Å². The Morgan fingerprint density at radius 1 is 0.425 bits per heavy atom. The van der Waals surface area contributed by atoms with Gasteiger partial charge >= 0.3 is 0 Å². The first kappa shape index (κ1) is 21.6. The van der Waals surface area contributed by atoms with Crippen LogP contribution in [0, 0.1) is 0 Å². The standard InChI is InChI=1S/C34H18N2O4/c37-31-27-23-15-19-7-3-1-5-17(19)13-21(23)9-11-25(27)35-29(31)33(39)36-26-12-10-22-14-18-6-2-4-8-20(18)16-24(22)28(26)32(38)30(36)34(35)40/h1-16,29-30H/t29-,30+. The van der Waals surface area contributed by atoms with Crippen molar-refractivity contribution in [3.05, 3.63) is 108 Å². The zero-order valence-corrected chi connectivity index (χ0v) is 20.9. The Morgan fingerprint density at radius 3 is 1.20 bits per heavy atom. The van der Waals surface area contributed by atoms with Crippen molar-refractivity contribution in [2.45, 2.75) is 12.1 Å². The Labute approximate surface area is 227 Å². The van der Waals surface area contributed by atoms with Gasteiger partial charge in [0.2, 0.25) is 0 Å². The molecule has 6 heteroatoms. The molecule has 0 spiro atoms. The number of hydrogen-bond acceptors (Lipinski definition) is 4. The normalized spacial score (nSPS) is 19.6. The van der Waals surface area contributed by atoms with E-state index in [-0.39, 0.29) is 0 Å². The summed E-state index contributed by atoms with van der Waals surface area (Å²) in [6.07, 6.45) is 0. The minimum absolute atomic E-state index is 0.355. The Balaban J connectivity index is 1.24. The van der Waals surface area contributed by atoms with Gasteiger partial charge in [-0.25, -0.2) is 0 Å². The highest BCUT2D eigenvalue weighted by atomic mass is 16.2. The second kappa shape index (κ2) is 7.18. The fourth-order valence-corrected chi connectivity index (χ4v) is 6.91. The largest absolute Gasteiger partial charge is 0.291 e. The summed E-state index contributed by atoms with van der Waals surface area (Å²) in [7, 11) is 0. The monoisotopic (exact) mass is 518 g/mol. The summed E-state index contributed by atoms with van der Waals surface area (Å²) in [6.45, 7) is 0. The molecule has 0 saturated carbocycles. The summed E-state index contributed by atoms with van der Waals surface area (Å²) < 4.78 is 0. The van der Waals surface area contributed by atoms with E-state index in [1.54, 1.807) is 12.1 Å². The van der Waals surface area contributed by atoms with Crippen LogP contribution in [0.2, 0.25) is 0 Å². The van der Waals surface area contributed by atoms with Crippen molar-refractivity contribution in [2.75, 3.05) is 9.80 Å². The van der Waals surface area contributed by atoms with Crippen LogP contribution in [-0.4, -0.2) is 35.5 Å². The average Bonchev–Trinajstić information content (AvgIpc) is 3.46. The van der Waals surface area contributed by atoms with Crippen LogP contribution >= 0.6 is 0 Å². The lowest BCUT2D eigenvalue weighted by atomic mass is 9.96. The molecule has 2 atom stereocenters. The van der Waals surface area contributed by atoms with Crippen LogP contribution in [0.4, 0.5) is 11.4 Å². The van der Waals surface area contributed by atoms with E-state index >= 15 is 0 Å². The molecular formula is C34H18N2O4. The first-order chi connectivity index (χ1) is 19.5. The summed E-state index contributed by atoms with van der Waals surface area (Å²) in [6, 6.07) is 28.1. The van der Waals surface area contributed by atoms with Crippen LogP contribution in [0.5, 0.6) is 0 Å². The van der Waals surface area contributed by atoms with E-state index in [0.29, 0.717) is 33.3 Å². The molecule has 1 saturated heterocycles. The zero-order chi connectivity index (χ0) is 26.9. The molecule has 188 valence electrons. The molecule has 0 N–H and O–H groups in total. The van der Waals surface area contributed by atoms with Crippen LogP contribution in [0.15, 0.2) is 97.1 Å². The lowest BCUT2D eigenvalue weighted by Gasteiger charge is -2.37. The van der Waals surface area contributed by atoms with Crippen molar-refractivity contribution in [1.29, 1.82) is 0 Å². The second-order valence-corrected chi connectivity index (χ2v) is 10.7. The number of amides is 2. The maximum absolute atomic E-state index is 14.1. The van der Waals surface area contributed by atoms with Crippen molar-refractivity contribution in [3.63, 3.8) is 0 Å². The molecule has 1 fully saturated rings. The van der Waals surface area contributed by atoms with E-state index < -0.39 is 35.5 Å². The number of rotatable bonds is 0. The summed E-state index contributed by atoms with van der Waals surface area (Å²) in [4.78, 5) is 58.6. The minimum atomic E-state index is -1.33. The number of piperazine rings is 1. The Morgan fingerprint density at radius 2 is 0.800 bits per heavy atom. The number of benzene rings is 6. The Kier molecular flexibility index (Phi) is 3.87. The van der Waals surface area contributed by atoms with Gasteiger partial charge in [0.1, 0.15) is 0 Å². The van der Waals surface area contributed by atoms with Gasteiger partial charge in [-0.1, -0.05) is 60.7 Å². The number of carbonyl (C=O) groups excluding carboxylic acids is 4. The fraction of sp³-hybridized carbons (Fsp3) is 0.0588. The fourth-order valence-electron chi connectivity index (χ4n) is 6.91. The third-order valence-corrected chi connectivity index (χ3v) is 8.70. The highest BCUT2D eigenvalue weighted by Gasteiger charge is 2.60. The third kappa shape index (κ3) is 2.49.